The number of nitrogen functional groups attached to an aromatic ring is 1. The number of nitrogens with two attached hydrogens (primary N) is 1. The molecule has 0 radical (unpaired) electrons. The Hall–Kier alpha value is -2.22. The fraction of sp³-hybridized carbons (Fsp3) is 0.263. The van der Waals surface area contributed by atoms with Gasteiger partial charge in [0.2, 0.25) is 0 Å². The van der Waals surface area contributed by atoms with Gasteiger partial charge in [-0.1, -0.05) is 30.4 Å². The number of hydrogen-bond acceptors (Lipinski definition) is 2. The lowest BCUT2D eigenvalue weighted by molar-refractivity contribution is 0.441. The lowest BCUT2D eigenvalue weighted by atomic mass is 9.73. The SMILES string of the molecule is CC12C=CCCC1N(c1ccccc1)c1ccc(N)cc12. The summed E-state index contributed by atoms with van der Waals surface area (Å²) in [5.41, 5.74) is 10.9. The van der Waals surface area contributed by atoms with Crippen LogP contribution in [-0.2, 0) is 5.41 Å². The molecule has 2 unspecified atom stereocenters. The smallest absolute Gasteiger partial charge is 0.0474 e. The van der Waals surface area contributed by atoms with E-state index in [0.29, 0.717) is 6.04 Å². The van der Waals surface area contributed by atoms with Crippen LogP contribution in [0, 0.1) is 0 Å². The molecular formula is C19H20N2. The maximum atomic E-state index is 6.05. The van der Waals surface area contributed by atoms with Gasteiger partial charge in [-0.15, -0.1) is 0 Å². The van der Waals surface area contributed by atoms with Crippen molar-refractivity contribution < 1.29 is 0 Å². The summed E-state index contributed by atoms with van der Waals surface area (Å²) in [7, 11) is 0. The van der Waals surface area contributed by atoms with E-state index < -0.39 is 0 Å². The van der Waals surface area contributed by atoms with Gasteiger partial charge >= 0.3 is 0 Å². The lowest BCUT2D eigenvalue weighted by Crippen LogP contribution is -2.41. The van der Waals surface area contributed by atoms with E-state index in [0.717, 1.165) is 12.1 Å². The predicted octanol–water partition coefficient (Wildman–Crippen LogP) is 4.40. The molecule has 2 nitrogen and oxygen atoms in total. The first-order valence-electron chi connectivity index (χ1n) is 7.62. The summed E-state index contributed by atoms with van der Waals surface area (Å²) >= 11 is 0. The van der Waals surface area contributed by atoms with Gasteiger partial charge in [0.1, 0.15) is 0 Å². The number of hydrogen-bond donors (Lipinski definition) is 1. The molecule has 0 amide bonds. The largest absolute Gasteiger partial charge is 0.399 e. The van der Waals surface area contributed by atoms with Crippen LogP contribution in [0.5, 0.6) is 0 Å². The van der Waals surface area contributed by atoms with Gasteiger partial charge in [0.25, 0.3) is 0 Å². The Morgan fingerprint density at radius 1 is 1.14 bits per heavy atom. The van der Waals surface area contributed by atoms with E-state index >= 15 is 0 Å². The molecule has 4 rings (SSSR count). The molecule has 21 heavy (non-hydrogen) atoms. The minimum absolute atomic E-state index is 0.0544. The van der Waals surface area contributed by atoms with Crippen LogP contribution in [0.4, 0.5) is 17.1 Å². The van der Waals surface area contributed by atoms with Gasteiger partial charge in [-0.3, -0.25) is 0 Å². The highest BCUT2D eigenvalue weighted by Gasteiger charge is 2.47. The minimum Gasteiger partial charge on any atom is -0.399 e. The van der Waals surface area contributed by atoms with Crippen molar-refractivity contribution in [2.45, 2.75) is 31.2 Å². The Morgan fingerprint density at radius 2 is 1.95 bits per heavy atom. The maximum Gasteiger partial charge on any atom is 0.0474 e. The molecule has 2 heteroatoms. The van der Waals surface area contributed by atoms with Crippen LogP contribution < -0.4 is 10.6 Å². The Morgan fingerprint density at radius 3 is 2.76 bits per heavy atom. The van der Waals surface area contributed by atoms with Gasteiger partial charge in [-0.2, -0.15) is 0 Å². The van der Waals surface area contributed by atoms with Crippen molar-refractivity contribution in [3.63, 3.8) is 0 Å². The van der Waals surface area contributed by atoms with E-state index in [1.165, 1.54) is 23.4 Å². The zero-order valence-corrected chi connectivity index (χ0v) is 12.3. The van der Waals surface area contributed by atoms with E-state index in [1.807, 2.05) is 6.07 Å². The Kier molecular flexibility index (Phi) is 2.61. The first-order chi connectivity index (χ1) is 10.2. The standard InChI is InChI=1S/C19H20N2/c1-19-12-6-5-9-18(19)21(15-7-3-2-4-8-15)17-11-10-14(20)13-16(17)19/h2-4,6-8,10-13,18H,5,9,20H2,1H3. The second kappa shape index (κ2) is 4.39. The van der Waals surface area contributed by atoms with Crippen LogP contribution in [-0.4, -0.2) is 6.04 Å². The summed E-state index contributed by atoms with van der Waals surface area (Å²) in [4.78, 5) is 2.50. The first-order valence-corrected chi connectivity index (χ1v) is 7.62. The molecule has 2 aliphatic rings. The van der Waals surface area contributed by atoms with Crippen LogP contribution in [0.1, 0.15) is 25.3 Å². The van der Waals surface area contributed by atoms with E-state index in [4.69, 9.17) is 5.73 Å². The normalized spacial score (nSPS) is 26.5. The Labute approximate surface area is 125 Å². The number of fused-ring (bicyclic) bond motifs is 3. The van der Waals surface area contributed by atoms with Crippen molar-refractivity contribution in [1.29, 1.82) is 0 Å². The summed E-state index contributed by atoms with van der Waals surface area (Å²) in [5.74, 6) is 0. The molecule has 0 aromatic heterocycles. The molecule has 1 heterocycles. The van der Waals surface area contributed by atoms with Gasteiger partial charge in [-0.05, 0) is 55.7 Å². The number of nitrogens with zero attached hydrogens (tertiary/aromatic N) is 1. The van der Waals surface area contributed by atoms with Crippen LogP contribution in [0.25, 0.3) is 0 Å². The zero-order valence-electron chi connectivity index (χ0n) is 12.3. The quantitative estimate of drug-likeness (QED) is 0.618. The summed E-state index contributed by atoms with van der Waals surface area (Å²) in [6, 6.07) is 17.5. The Balaban J connectivity index is 1.95. The van der Waals surface area contributed by atoms with Gasteiger partial charge in [0.15, 0.2) is 0 Å². The van der Waals surface area contributed by atoms with Crippen LogP contribution in [0.3, 0.4) is 0 Å². The van der Waals surface area contributed by atoms with E-state index in [2.05, 4.69) is 66.4 Å². The minimum atomic E-state index is 0.0544. The predicted molar refractivity (Wildman–Crippen MR) is 88.9 cm³/mol. The molecule has 2 N–H and O–H groups in total. The third kappa shape index (κ3) is 1.72. The highest BCUT2D eigenvalue weighted by Crippen LogP contribution is 2.52. The fourth-order valence-corrected chi connectivity index (χ4v) is 3.93. The van der Waals surface area contributed by atoms with Crippen molar-refractivity contribution in [2.75, 3.05) is 10.6 Å². The summed E-state index contributed by atoms with van der Waals surface area (Å²) in [5, 5.41) is 0. The van der Waals surface area contributed by atoms with Gasteiger partial charge in [0, 0.05) is 28.5 Å². The van der Waals surface area contributed by atoms with E-state index in [1.54, 1.807) is 0 Å². The number of allylic oxidation sites excluding steroid dienone is 1. The molecule has 106 valence electrons. The number of benzene rings is 2. The lowest BCUT2D eigenvalue weighted by Gasteiger charge is -2.37. The average Bonchev–Trinajstić information content (AvgIpc) is 2.77. The highest BCUT2D eigenvalue weighted by atomic mass is 15.2. The molecule has 1 aliphatic heterocycles. The van der Waals surface area contributed by atoms with Crippen molar-refractivity contribution in [3.8, 4) is 0 Å². The number of rotatable bonds is 1. The monoisotopic (exact) mass is 276 g/mol. The maximum absolute atomic E-state index is 6.05. The molecular weight excluding hydrogens is 256 g/mol. The van der Waals surface area contributed by atoms with Crippen LogP contribution in [0.15, 0.2) is 60.7 Å². The van der Waals surface area contributed by atoms with Crippen molar-refractivity contribution in [3.05, 3.63) is 66.2 Å². The van der Waals surface area contributed by atoms with Gasteiger partial charge in [-0.25, -0.2) is 0 Å². The van der Waals surface area contributed by atoms with Gasteiger partial charge in [0.05, 0.1) is 0 Å². The fourth-order valence-electron chi connectivity index (χ4n) is 3.93. The Bertz CT molecular complexity index is 705. The number of para-hydroxylation sites is 1. The molecule has 0 bridgehead atoms. The van der Waals surface area contributed by atoms with Crippen molar-refractivity contribution in [2.24, 2.45) is 0 Å². The molecule has 0 saturated carbocycles. The average molecular weight is 276 g/mol. The van der Waals surface area contributed by atoms with Gasteiger partial charge < -0.3 is 10.6 Å². The van der Waals surface area contributed by atoms with Crippen LogP contribution in [0.2, 0.25) is 0 Å². The molecule has 0 saturated heterocycles. The van der Waals surface area contributed by atoms with Crippen molar-refractivity contribution >= 4 is 17.1 Å². The topological polar surface area (TPSA) is 29.3 Å². The molecule has 2 aromatic rings. The molecule has 0 fully saturated rings. The molecule has 1 aliphatic carbocycles. The highest BCUT2D eigenvalue weighted by molar-refractivity contribution is 5.77. The first kappa shape index (κ1) is 12.5. The summed E-state index contributed by atoms with van der Waals surface area (Å²) in [6.45, 7) is 2.34. The molecule has 2 atom stereocenters. The third-order valence-corrected chi connectivity index (χ3v) is 4.97. The second-order valence-corrected chi connectivity index (χ2v) is 6.26. The van der Waals surface area contributed by atoms with Crippen molar-refractivity contribution in [1.82, 2.24) is 0 Å². The summed E-state index contributed by atoms with van der Waals surface area (Å²) in [6.07, 6.45) is 7.02. The van der Waals surface area contributed by atoms with E-state index in [9.17, 15) is 0 Å². The molecule has 2 aromatic carbocycles. The number of anilines is 3. The van der Waals surface area contributed by atoms with E-state index in [-0.39, 0.29) is 5.41 Å². The summed E-state index contributed by atoms with van der Waals surface area (Å²) < 4.78 is 0. The second-order valence-electron chi connectivity index (χ2n) is 6.26. The third-order valence-electron chi connectivity index (χ3n) is 4.97. The van der Waals surface area contributed by atoms with Crippen LogP contribution >= 0.6 is 0 Å². The molecule has 0 spiro atoms. The zero-order chi connectivity index (χ0) is 14.4.